The number of hydrogen-bond donors (Lipinski definition) is 0. The first kappa shape index (κ1) is 18.7. The van der Waals surface area contributed by atoms with Crippen LogP contribution in [0.3, 0.4) is 0 Å². The van der Waals surface area contributed by atoms with E-state index in [0.717, 1.165) is 6.07 Å². The van der Waals surface area contributed by atoms with Gasteiger partial charge in [0.15, 0.2) is 5.78 Å². The lowest BCUT2D eigenvalue weighted by molar-refractivity contribution is 0.103. The van der Waals surface area contributed by atoms with Crippen molar-refractivity contribution in [1.82, 2.24) is 0 Å². The van der Waals surface area contributed by atoms with Crippen molar-refractivity contribution in [2.24, 2.45) is 0 Å². The number of benzene rings is 3. The summed E-state index contributed by atoms with van der Waals surface area (Å²) in [6.07, 6.45) is 0. The van der Waals surface area contributed by atoms with Crippen LogP contribution in [0, 0.1) is 11.6 Å². The second-order valence-corrected chi connectivity index (χ2v) is 7.35. The first-order valence-electron chi connectivity index (χ1n) is 7.89. The van der Waals surface area contributed by atoms with Crippen molar-refractivity contribution in [3.05, 3.63) is 101 Å². The fraction of sp³-hybridized carbons (Fsp3) is 0.0500. The molecule has 3 aromatic carbocycles. The molecule has 3 rings (SSSR count). The fourth-order valence-corrected chi connectivity index (χ4v) is 3.49. The lowest BCUT2D eigenvalue weighted by Crippen LogP contribution is -2.12. The predicted molar refractivity (Wildman–Crippen MR) is 95.9 cm³/mol. The molecule has 7 heteroatoms. The van der Waals surface area contributed by atoms with E-state index in [4.69, 9.17) is 4.18 Å². The van der Waals surface area contributed by atoms with Crippen LogP contribution in [0.5, 0.6) is 5.75 Å². The zero-order valence-electron chi connectivity index (χ0n) is 13.9. The average Bonchev–Trinajstić information content (AvgIpc) is 2.61. The Morgan fingerprint density at radius 3 is 2.00 bits per heavy atom. The Bertz CT molecular complexity index is 1060. The van der Waals surface area contributed by atoms with Crippen molar-refractivity contribution in [3.63, 3.8) is 0 Å². The molecule has 0 unspecified atom stereocenters. The van der Waals surface area contributed by atoms with Crippen molar-refractivity contribution >= 4 is 15.9 Å². The summed E-state index contributed by atoms with van der Waals surface area (Å²) in [6.45, 7) is 0. The van der Waals surface area contributed by atoms with Crippen LogP contribution in [0.15, 0.2) is 72.8 Å². The van der Waals surface area contributed by atoms with Crippen LogP contribution >= 0.6 is 0 Å². The van der Waals surface area contributed by atoms with E-state index >= 15 is 0 Å². The molecule has 0 aliphatic carbocycles. The fourth-order valence-electron chi connectivity index (χ4n) is 2.44. The third kappa shape index (κ3) is 4.98. The minimum atomic E-state index is -3.99. The Morgan fingerprint density at radius 1 is 0.815 bits per heavy atom. The Balaban J connectivity index is 1.71. The SMILES string of the molecule is O=C(c1ccc(F)cc1)c1ccc(OS(=O)(=O)Cc2cccc(F)c2)cc1. The summed E-state index contributed by atoms with van der Waals surface area (Å²) in [5.74, 6) is -1.77. The molecule has 3 aromatic rings. The van der Waals surface area contributed by atoms with Crippen molar-refractivity contribution in [2.75, 3.05) is 0 Å². The molecule has 4 nitrogen and oxygen atoms in total. The highest BCUT2D eigenvalue weighted by Crippen LogP contribution is 2.19. The summed E-state index contributed by atoms with van der Waals surface area (Å²) in [4.78, 5) is 12.3. The van der Waals surface area contributed by atoms with Gasteiger partial charge in [0.1, 0.15) is 23.1 Å². The number of rotatable bonds is 6. The maximum absolute atomic E-state index is 13.2. The number of halogens is 2. The normalized spacial score (nSPS) is 11.2. The predicted octanol–water partition coefficient (Wildman–Crippen LogP) is 4.10. The Labute approximate surface area is 155 Å². The monoisotopic (exact) mass is 388 g/mol. The van der Waals surface area contributed by atoms with Gasteiger partial charge >= 0.3 is 10.1 Å². The van der Waals surface area contributed by atoms with Gasteiger partial charge in [0.2, 0.25) is 0 Å². The molecule has 0 aliphatic rings. The second-order valence-electron chi connectivity index (χ2n) is 5.78. The highest BCUT2D eigenvalue weighted by molar-refractivity contribution is 7.86. The van der Waals surface area contributed by atoms with Crippen LogP contribution in [0.25, 0.3) is 0 Å². The summed E-state index contributed by atoms with van der Waals surface area (Å²) in [5.41, 5.74) is 0.874. The number of carbonyl (C=O) groups is 1. The van der Waals surface area contributed by atoms with E-state index in [1.165, 1.54) is 66.7 Å². The number of ketones is 1. The molecule has 0 spiro atoms. The Hall–Kier alpha value is -3.06. The molecule has 0 amide bonds. The lowest BCUT2D eigenvalue weighted by atomic mass is 10.0. The van der Waals surface area contributed by atoms with E-state index in [-0.39, 0.29) is 17.1 Å². The summed E-state index contributed by atoms with van der Waals surface area (Å²) < 4.78 is 55.3. The van der Waals surface area contributed by atoms with Gasteiger partial charge in [-0.2, -0.15) is 8.42 Å². The standard InChI is InChI=1S/C20H14F2O4S/c21-17-8-4-15(5-9-17)20(23)16-6-10-19(11-7-16)26-27(24,25)13-14-2-1-3-18(22)12-14/h1-12H,13H2. The molecule has 0 saturated heterocycles. The molecule has 27 heavy (non-hydrogen) atoms. The summed E-state index contributed by atoms with van der Waals surface area (Å²) in [6, 6.07) is 15.9. The van der Waals surface area contributed by atoms with E-state index in [1.54, 1.807) is 0 Å². The van der Waals surface area contributed by atoms with Gasteiger partial charge in [0.25, 0.3) is 0 Å². The second kappa shape index (κ2) is 7.67. The lowest BCUT2D eigenvalue weighted by Gasteiger charge is -2.08. The van der Waals surface area contributed by atoms with Crippen molar-refractivity contribution in [3.8, 4) is 5.75 Å². The van der Waals surface area contributed by atoms with Gasteiger partial charge in [0.05, 0.1) is 0 Å². The zero-order chi connectivity index (χ0) is 19.4. The van der Waals surface area contributed by atoms with E-state index in [2.05, 4.69) is 0 Å². The molecule has 138 valence electrons. The van der Waals surface area contributed by atoms with Crippen molar-refractivity contribution in [1.29, 1.82) is 0 Å². The Kier molecular flexibility index (Phi) is 5.32. The third-order valence-electron chi connectivity index (χ3n) is 3.68. The van der Waals surface area contributed by atoms with Crippen LogP contribution in [0.1, 0.15) is 21.5 Å². The van der Waals surface area contributed by atoms with Crippen LogP contribution in [0.2, 0.25) is 0 Å². The minimum Gasteiger partial charge on any atom is -0.382 e. The van der Waals surface area contributed by atoms with Crippen molar-refractivity contribution in [2.45, 2.75) is 5.75 Å². The highest BCUT2D eigenvalue weighted by atomic mass is 32.2. The van der Waals surface area contributed by atoms with Gasteiger partial charge in [-0.05, 0) is 66.2 Å². The quantitative estimate of drug-likeness (QED) is 0.471. The first-order valence-corrected chi connectivity index (χ1v) is 9.47. The van der Waals surface area contributed by atoms with Crippen LogP contribution < -0.4 is 4.18 Å². The van der Waals surface area contributed by atoms with Gasteiger partial charge in [0, 0.05) is 11.1 Å². The van der Waals surface area contributed by atoms with E-state index in [9.17, 15) is 22.0 Å². The highest BCUT2D eigenvalue weighted by Gasteiger charge is 2.16. The minimum absolute atomic E-state index is 0.0297. The first-order chi connectivity index (χ1) is 12.8. The molecular weight excluding hydrogens is 374 g/mol. The number of carbonyl (C=O) groups excluding carboxylic acids is 1. The molecule has 0 saturated carbocycles. The summed E-state index contributed by atoms with van der Waals surface area (Å²) >= 11 is 0. The van der Waals surface area contributed by atoms with E-state index in [1.807, 2.05) is 0 Å². The van der Waals surface area contributed by atoms with Crippen LogP contribution in [-0.4, -0.2) is 14.2 Å². The molecule has 0 bridgehead atoms. The maximum Gasteiger partial charge on any atom is 0.313 e. The smallest absolute Gasteiger partial charge is 0.313 e. The molecule has 0 atom stereocenters. The summed E-state index contributed by atoms with van der Waals surface area (Å²) in [7, 11) is -3.99. The zero-order valence-corrected chi connectivity index (χ0v) is 14.7. The van der Waals surface area contributed by atoms with Crippen molar-refractivity contribution < 1.29 is 26.2 Å². The maximum atomic E-state index is 13.2. The van der Waals surface area contributed by atoms with Crippen LogP contribution in [-0.2, 0) is 15.9 Å². The molecule has 0 aromatic heterocycles. The largest absolute Gasteiger partial charge is 0.382 e. The van der Waals surface area contributed by atoms with Gasteiger partial charge < -0.3 is 4.18 Å². The molecular formula is C20H14F2O4S. The molecule has 0 heterocycles. The van der Waals surface area contributed by atoms with Gasteiger partial charge in [-0.3, -0.25) is 4.79 Å². The van der Waals surface area contributed by atoms with E-state index < -0.39 is 27.5 Å². The third-order valence-corrected chi connectivity index (χ3v) is 4.81. The topological polar surface area (TPSA) is 60.4 Å². The van der Waals surface area contributed by atoms with Gasteiger partial charge in [-0.25, -0.2) is 8.78 Å². The van der Waals surface area contributed by atoms with Gasteiger partial charge in [-0.1, -0.05) is 12.1 Å². The molecule has 0 N–H and O–H groups in total. The summed E-state index contributed by atoms with van der Waals surface area (Å²) in [5, 5.41) is 0. The number of hydrogen-bond acceptors (Lipinski definition) is 4. The molecule has 0 aliphatic heterocycles. The van der Waals surface area contributed by atoms with Gasteiger partial charge in [-0.15, -0.1) is 0 Å². The average molecular weight is 388 g/mol. The van der Waals surface area contributed by atoms with E-state index in [0.29, 0.717) is 11.1 Å². The Morgan fingerprint density at radius 2 is 1.41 bits per heavy atom. The molecule has 0 radical (unpaired) electrons. The molecule has 0 fully saturated rings. The van der Waals surface area contributed by atoms with Crippen LogP contribution in [0.4, 0.5) is 8.78 Å².